The van der Waals surface area contributed by atoms with Gasteiger partial charge in [-0.25, -0.2) is 0 Å². The molecule has 21 heavy (non-hydrogen) atoms. The number of hydrogen-bond acceptors (Lipinski definition) is 4. The number of nitrogens with zero attached hydrogens (tertiary/aromatic N) is 3. The van der Waals surface area contributed by atoms with E-state index in [0.717, 1.165) is 12.8 Å². The van der Waals surface area contributed by atoms with E-state index in [4.69, 9.17) is 11.5 Å². The van der Waals surface area contributed by atoms with E-state index in [1.54, 1.807) is 6.20 Å². The van der Waals surface area contributed by atoms with E-state index in [1.807, 2.05) is 4.68 Å². The van der Waals surface area contributed by atoms with Gasteiger partial charge in [0.05, 0.1) is 6.04 Å². The molecule has 2 saturated carbocycles. The molecular formula is C15H21N5O. The number of nitrogen functional groups attached to an aromatic ring is 1. The fourth-order valence-corrected chi connectivity index (χ4v) is 4.51. The number of rotatable bonds is 2. The predicted octanol–water partition coefficient (Wildman–Crippen LogP) is 1.67. The number of anilines is 1. The number of aliphatic imine (C=N–C) groups is 1. The predicted molar refractivity (Wildman–Crippen MR) is 80.2 cm³/mol. The van der Waals surface area contributed by atoms with Crippen LogP contribution in [0.4, 0.5) is 5.82 Å². The van der Waals surface area contributed by atoms with Crippen molar-refractivity contribution in [1.29, 1.82) is 0 Å². The van der Waals surface area contributed by atoms with Crippen molar-refractivity contribution in [2.24, 2.45) is 16.1 Å². The van der Waals surface area contributed by atoms with Crippen molar-refractivity contribution in [3.8, 4) is 0 Å². The van der Waals surface area contributed by atoms with Gasteiger partial charge in [-0.1, -0.05) is 12.8 Å². The lowest BCUT2D eigenvalue weighted by Crippen LogP contribution is -2.41. The Hall–Kier alpha value is -1.85. The van der Waals surface area contributed by atoms with Gasteiger partial charge >= 0.3 is 0 Å². The SMILES string of the molecule is NC(=O)c1cn(C2CCC3(CCCC3)C[C@]23C=N3)nc1N. The van der Waals surface area contributed by atoms with Gasteiger partial charge in [-0.2, -0.15) is 5.10 Å². The van der Waals surface area contributed by atoms with Crippen molar-refractivity contribution in [2.75, 3.05) is 5.73 Å². The van der Waals surface area contributed by atoms with Crippen LogP contribution in [0.25, 0.3) is 0 Å². The van der Waals surface area contributed by atoms with Crippen molar-refractivity contribution in [2.45, 2.75) is 56.5 Å². The molecule has 2 atom stereocenters. The van der Waals surface area contributed by atoms with E-state index in [0.29, 0.717) is 11.0 Å². The minimum Gasteiger partial charge on any atom is -0.382 e. The minimum atomic E-state index is -0.521. The van der Waals surface area contributed by atoms with Crippen molar-refractivity contribution in [1.82, 2.24) is 9.78 Å². The summed E-state index contributed by atoms with van der Waals surface area (Å²) in [6.07, 6.45) is 12.5. The summed E-state index contributed by atoms with van der Waals surface area (Å²) in [6.45, 7) is 0. The summed E-state index contributed by atoms with van der Waals surface area (Å²) in [5.74, 6) is -0.299. The zero-order chi connectivity index (χ0) is 14.7. The summed E-state index contributed by atoms with van der Waals surface area (Å²) in [5, 5.41) is 4.32. The number of amides is 1. The van der Waals surface area contributed by atoms with Crippen molar-refractivity contribution >= 4 is 17.9 Å². The van der Waals surface area contributed by atoms with Gasteiger partial charge in [0.1, 0.15) is 11.1 Å². The summed E-state index contributed by atoms with van der Waals surface area (Å²) in [7, 11) is 0. The molecular weight excluding hydrogens is 266 g/mol. The van der Waals surface area contributed by atoms with Crippen LogP contribution < -0.4 is 11.5 Å². The lowest BCUT2D eigenvalue weighted by Gasteiger charge is -2.42. The first-order valence-corrected chi connectivity index (χ1v) is 7.75. The Morgan fingerprint density at radius 2 is 2.05 bits per heavy atom. The molecule has 2 spiro atoms. The van der Waals surface area contributed by atoms with E-state index in [1.165, 1.54) is 32.1 Å². The van der Waals surface area contributed by atoms with Crippen molar-refractivity contribution in [3.05, 3.63) is 11.8 Å². The first-order chi connectivity index (χ1) is 10.0. The summed E-state index contributed by atoms with van der Waals surface area (Å²) in [6, 6.07) is 0.180. The smallest absolute Gasteiger partial charge is 0.254 e. The molecule has 0 saturated heterocycles. The highest BCUT2D eigenvalue weighted by molar-refractivity contribution is 5.96. The second-order valence-corrected chi connectivity index (χ2v) is 6.96. The van der Waals surface area contributed by atoms with Crippen LogP contribution in [-0.2, 0) is 0 Å². The van der Waals surface area contributed by atoms with E-state index in [2.05, 4.69) is 16.3 Å². The van der Waals surface area contributed by atoms with Crippen molar-refractivity contribution < 1.29 is 4.79 Å². The quantitative estimate of drug-likeness (QED) is 0.865. The number of hydrogen-bond donors (Lipinski definition) is 2. The maximum atomic E-state index is 11.4. The molecule has 1 unspecified atom stereocenters. The van der Waals surface area contributed by atoms with Gasteiger partial charge in [-0.3, -0.25) is 14.5 Å². The average Bonchev–Trinajstić information content (AvgIpc) is 2.86. The lowest BCUT2D eigenvalue weighted by atomic mass is 9.65. The van der Waals surface area contributed by atoms with Gasteiger partial charge < -0.3 is 11.5 Å². The largest absolute Gasteiger partial charge is 0.382 e. The topological polar surface area (TPSA) is 99.3 Å². The van der Waals surface area contributed by atoms with Gasteiger partial charge in [0, 0.05) is 12.4 Å². The molecule has 0 bridgehead atoms. The van der Waals surface area contributed by atoms with Gasteiger partial charge in [0.15, 0.2) is 5.82 Å². The molecule has 1 aromatic heterocycles. The Bertz CT molecular complexity index is 620. The van der Waals surface area contributed by atoms with Crippen LogP contribution >= 0.6 is 0 Å². The molecule has 112 valence electrons. The molecule has 0 radical (unpaired) electrons. The number of aromatic nitrogens is 2. The molecule has 2 heterocycles. The number of carbonyl (C=O) groups excluding carboxylic acids is 1. The molecule has 6 heteroatoms. The maximum Gasteiger partial charge on any atom is 0.254 e. The third-order valence-corrected chi connectivity index (χ3v) is 5.65. The molecule has 3 aliphatic rings. The molecule has 4 N–H and O–H groups in total. The Morgan fingerprint density at radius 3 is 2.62 bits per heavy atom. The number of carbonyl (C=O) groups is 1. The molecule has 1 aromatic rings. The Labute approximate surface area is 123 Å². The molecule has 1 amide bonds. The van der Waals surface area contributed by atoms with Crippen LogP contribution in [0, 0.1) is 5.41 Å². The highest BCUT2D eigenvalue weighted by atomic mass is 16.1. The zero-order valence-electron chi connectivity index (χ0n) is 12.1. The van der Waals surface area contributed by atoms with Crippen molar-refractivity contribution in [3.63, 3.8) is 0 Å². The maximum absolute atomic E-state index is 11.4. The summed E-state index contributed by atoms with van der Waals surface area (Å²) in [5.41, 5.74) is 11.8. The highest BCUT2D eigenvalue weighted by Gasteiger charge is 2.56. The lowest BCUT2D eigenvalue weighted by molar-refractivity contribution is 0.0999. The fourth-order valence-electron chi connectivity index (χ4n) is 4.51. The monoisotopic (exact) mass is 287 g/mol. The molecule has 6 nitrogen and oxygen atoms in total. The third-order valence-electron chi connectivity index (χ3n) is 5.65. The van der Waals surface area contributed by atoms with Gasteiger partial charge in [-0.05, 0) is 37.5 Å². The van der Waals surface area contributed by atoms with E-state index in [9.17, 15) is 4.79 Å². The molecule has 2 aliphatic carbocycles. The van der Waals surface area contributed by atoms with Crippen LogP contribution in [-0.4, -0.2) is 27.4 Å². The Kier molecular flexibility index (Phi) is 2.50. The summed E-state index contributed by atoms with van der Waals surface area (Å²) in [4.78, 5) is 16.0. The van der Waals surface area contributed by atoms with Crippen LogP contribution in [0.2, 0.25) is 0 Å². The van der Waals surface area contributed by atoms with E-state index < -0.39 is 5.91 Å². The highest BCUT2D eigenvalue weighted by Crippen LogP contribution is 2.58. The minimum absolute atomic E-state index is 0.0873. The number of primary amides is 1. The average molecular weight is 287 g/mol. The molecule has 2 fully saturated rings. The van der Waals surface area contributed by atoms with E-state index in [-0.39, 0.29) is 17.4 Å². The second-order valence-electron chi connectivity index (χ2n) is 6.96. The summed E-state index contributed by atoms with van der Waals surface area (Å²) < 4.78 is 1.82. The van der Waals surface area contributed by atoms with Gasteiger partial charge in [0.25, 0.3) is 5.91 Å². The fraction of sp³-hybridized carbons (Fsp3) is 0.667. The van der Waals surface area contributed by atoms with Crippen LogP contribution in [0.15, 0.2) is 11.2 Å². The Morgan fingerprint density at radius 1 is 1.33 bits per heavy atom. The van der Waals surface area contributed by atoms with Crippen LogP contribution in [0.1, 0.15) is 61.3 Å². The second kappa shape index (κ2) is 4.08. The third kappa shape index (κ3) is 1.88. The standard InChI is InChI=1S/C15H21N5O/c16-12-10(13(17)21)7-20(19-12)11-3-6-14(4-1-2-5-14)8-15(11)9-18-15/h7,9,11H,1-6,8H2,(H2,16,19)(H2,17,21)/t11?,15-/m0/s1. The van der Waals surface area contributed by atoms with E-state index >= 15 is 0 Å². The molecule has 0 aromatic carbocycles. The van der Waals surface area contributed by atoms with Crippen LogP contribution in [0.3, 0.4) is 0 Å². The Balaban J connectivity index is 1.62. The summed E-state index contributed by atoms with van der Waals surface area (Å²) >= 11 is 0. The molecule has 1 aliphatic heterocycles. The van der Waals surface area contributed by atoms with Crippen LogP contribution in [0.5, 0.6) is 0 Å². The first kappa shape index (κ1) is 12.9. The van der Waals surface area contributed by atoms with Gasteiger partial charge in [-0.15, -0.1) is 0 Å². The molecule has 4 rings (SSSR count). The van der Waals surface area contributed by atoms with Gasteiger partial charge in [0.2, 0.25) is 0 Å². The first-order valence-electron chi connectivity index (χ1n) is 7.75. The normalized spacial score (nSPS) is 32.9. The number of nitrogens with two attached hydrogens (primary N) is 2. The zero-order valence-corrected chi connectivity index (χ0v) is 12.1.